The van der Waals surface area contributed by atoms with Crippen molar-refractivity contribution < 1.29 is 13.2 Å². The Morgan fingerprint density at radius 2 is 1.95 bits per heavy atom. The molecule has 1 aromatic carbocycles. The second kappa shape index (κ2) is 5.36. The lowest BCUT2D eigenvalue weighted by Crippen LogP contribution is -2.37. The van der Waals surface area contributed by atoms with Gasteiger partial charge in [-0.15, -0.1) is 0 Å². The number of nitrogens with two attached hydrogens (primary N) is 2. The molecular formula is C12H19N3O3S. The standard InChI is InChI=1S/C12H19N3O3S/c1-15(10-4-6-18-7-5-10)11-3-2-9(13)8-12(11)19(14,16)17/h2-3,8,10H,4-7,13H2,1H3,(H2,14,16,17). The zero-order valence-corrected chi connectivity index (χ0v) is 11.7. The van der Waals surface area contributed by atoms with Gasteiger partial charge in [0, 0.05) is 32.0 Å². The van der Waals surface area contributed by atoms with E-state index in [9.17, 15) is 8.42 Å². The molecule has 0 amide bonds. The molecule has 0 unspecified atom stereocenters. The van der Waals surface area contributed by atoms with Crippen molar-refractivity contribution in [2.24, 2.45) is 5.14 Å². The number of hydrogen-bond acceptors (Lipinski definition) is 5. The monoisotopic (exact) mass is 285 g/mol. The third kappa shape index (κ3) is 3.17. The SMILES string of the molecule is CN(c1ccc(N)cc1S(N)(=O)=O)C1CCOCC1. The van der Waals surface area contributed by atoms with Gasteiger partial charge in [-0.05, 0) is 31.0 Å². The van der Waals surface area contributed by atoms with Crippen LogP contribution in [0.5, 0.6) is 0 Å². The summed E-state index contributed by atoms with van der Waals surface area (Å²) in [6, 6.07) is 5.03. The summed E-state index contributed by atoms with van der Waals surface area (Å²) in [5.41, 5.74) is 6.61. The van der Waals surface area contributed by atoms with Crippen LogP contribution in [0.2, 0.25) is 0 Å². The first-order valence-electron chi connectivity index (χ1n) is 6.12. The zero-order chi connectivity index (χ0) is 14.0. The van der Waals surface area contributed by atoms with Crippen molar-refractivity contribution in [1.29, 1.82) is 0 Å². The minimum Gasteiger partial charge on any atom is -0.399 e. The number of nitrogen functional groups attached to an aromatic ring is 1. The van der Waals surface area contributed by atoms with Gasteiger partial charge in [-0.3, -0.25) is 0 Å². The predicted molar refractivity (Wildman–Crippen MR) is 74.5 cm³/mol. The van der Waals surface area contributed by atoms with E-state index in [1.807, 2.05) is 11.9 Å². The summed E-state index contributed by atoms with van der Waals surface area (Å²) in [4.78, 5) is 2.02. The second-order valence-corrected chi connectivity index (χ2v) is 6.26. The van der Waals surface area contributed by atoms with E-state index in [0.717, 1.165) is 12.8 Å². The Bertz CT molecular complexity index is 553. The first-order chi connectivity index (χ1) is 8.89. The van der Waals surface area contributed by atoms with Crippen molar-refractivity contribution in [2.75, 3.05) is 30.9 Å². The molecule has 7 heteroatoms. The molecule has 0 spiro atoms. The van der Waals surface area contributed by atoms with Gasteiger partial charge >= 0.3 is 0 Å². The van der Waals surface area contributed by atoms with E-state index in [4.69, 9.17) is 15.6 Å². The van der Waals surface area contributed by atoms with Gasteiger partial charge in [-0.25, -0.2) is 13.6 Å². The van der Waals surface area contributed by atoms with E-state index in [1.54, 1.807) is 12.1 Å². The number of rotatable bonds is 3. The lowest BCUT2D eigenvalue weighted by molar-refractivity contribution is 0.0854. The van der Waals surface area contributed by atoms with Gasteiger partial charge in [0.2, 0.25) is 10.0 Å². The highest BCUT2D eigenvalue weighted by Crippen LogP contribution is 2.29. The van der Waals surface area contributed by atoms with Crippen LogP contribution >= 0.6 is 0 Å². The maximum absolute atomic E-state index is 11.7. The van der Waals surface area contributed by atoms with E-state index >= 15 is 0 Å². The molecule has 0 atom stereocenters. The first kappa shape index (κ1) is 14.1. The van der Waals surface area contributed by atoms with Crippen LogP contribution in [0.15, 0.2) is 23.1 Å². The maximum Gasteiger partial charge on any atom is 0.240 e. The Kier molecular flexibility index (Phi) is 3.98. The Hall–Kier alpha value is -1.31. The molecule has 1 heterocycles. The van der Waals surface area contributed by atoms with Crippen molar-refractivity contribution in [3.63, 3.8) is 0 Å². The van der Waals surface area contributed by atoms with Gasteiger partial charge in [0.15, 0.2) is 0 Å². The topological polar surface area (TPSA) is 98.6 Å². The average Bonchev–Trinajstić information content (AvgIpc) is 2.38. The predicted octanol–water partition coefficient (Wildman–Crippen LogP) is 0.531. The quantitative estimate of drug-likeness (QED) is 0.789. The van der Waals surface area contributed by atoms with E-state index in [0.29, 0.717) is 24.6 Å². The third-order valence-electron chi connectivity index (χ3n) is 3.41. The van der Waals surface area contributed by atoms with Crippen molar-refractivity contribution in [3.8, 4) is 0 Å². The lowest BCUT2D eigenvalue weighted by Gasteiger charge is -2.33. The van der Waals surface area contributed by atoms with Crippen LogP contribution in [0.25, 0.3) is 0 Å². The first-order valence-corrected chi connectivity index (χ1v) is 7.67. The maximum atomic E-state index is 11.7. The number of anilines is 2. The highest BCUT2D eigenvalue weighted by Gasteiger charge is 2.23. The largest absolute Gasteiger partial charge is 0.399 e. The van der Waals surface area contributed by atoms with Crippen molar-refractivity contribution in [2.45, 2.75) is 23.8 Å². The van der Waals surface area contributed by atoms with Gasteiger partial charge in [0.05, 0.1) is 5.69 Å². The van der Waals surface area contributed by atoms with Gasteiger partial charge < -0.3 is 15.4 Å². The summed E-state index contributed by atoms with van der Waals surface area (Å²) < 4.78 is 28.6. The molecule has 0 aromatic heterocycles. The van der Waals surface area contributed by atoms with E-state index in [-0.39, 0.29) is 10.9 Å². The summed E-state index contributed by atoms with van der Waals surface area (Å²) in [7, 11) is -1.92. The normalized spacial score (nSPS) is 17.4. The van der Waals surface area contributed by atoms with Gasteiger partial charge in [0.1, 0.15) is 4.90 Å². The highest BCUT2D eigenvalue weighted by atomic mass is 32.2. The minimum absolute atomic E-state index is 0.0708. The molecule has 19 heavy (non-hydrogen) atoms. The summed E-state index contributed by atoms with van der Waals surface area (Å²) in [5.74, 6) is 0. The molecule has 0 bridgehead atoms. The van der Waals surface area contributed by atoms with Crippen molar-refractivity contribution >= 4 is 21.4 Å². The molecule has 0 aliphatic carbocycles. The number of primary sulfonamides is 1. The number of nitrogens with zero attached hydrogens (tertiary/aromatic N) is 1. The summed E-state index contributed by atoms with van der Waals surface area (Å²) in [6.07, 6.45) is 1.73. The Morgan fingerprint density at radius 3 is 2.53 bits per heavy atom. The zero-order valence-electron chi connectivity index (χ0n) is 10.9. The fourth-order valence-corrected chi connectivity index (χ4v) is 3.12. The molecule has 1 aromatic rings. The molecule has 0 radical (unpaired) electrons. The lowest BCUT2D eigenvalue weighted by atomic mass is 10.1. The summed E-state index contributed by atoms with van der Waals surface area (Å²) in [6.45, 7) is 1.38. The summed E-state index contributed by atoms with van der Waals surface area (Å²) in [5, 5.41) is 5.26. The van der Waals surface area contributed by atoms with Crippen LogP contribution in [0.1, 0.15) is 12.8 Å². The van der Waals surface area contributed by atoms with Crippen LogP contribution in [-0.2, 0) is 14.8 Å². The molecule has 6 nitrogen and oxygen atoms in total. The van der Waals surface area contributed by atoms with Crippen LogP contribution in [-0.4, -0.2) is 34.7 Å². The van der Waals surface area contributed by atoms with E-state index in [1.165, 1.54) is 6.07 Å². The fraction of sp³-hybridized carbons (Fsp3) is 0.500. The van der Waals surface area contributed by atoms with Gasteiger partial charge in [0.25, 0.3) is 0 Å². The molecule has 1 aliphatic rings. The smallest absolute Gasteiger partial charge is 0.240 e. The average molecular weight is 285 g/mol. The van der Waals surface area contributed by atoms with E-state index < -0.39 is 10.0 Å². The number of benzene rings is 1. The minimum atomic E-state index is -3.79. The Morgan fingerprint density at radius 1 is 1.32 bits per heavy atom. The molecule has 2 rings (SSSR count). The molecule has 106 valence electrons. The number of ether oxygens (including phenoxy) is 1. The molecular weight excluding hydrogens is 266 g/mol. The van der Waals surface area contributed by atoms with Crippen LogP contribution in [0.4, 0.5) is 11.4 Å². The number of hydrogen-bond donors (Lipinski definition) is 2. The van der Waals surface area contributed by atoms with Crippen LogP contribution in [0.3, 0.4) is 0 Å². The van der Waals surface area contributed by atoms with Crippen LogP contribution < -0.4 is 15.8 Å². The van der Waals surface area contributed by atoms with E-state index in [2.05, 4.69) is 0 Å². The van der Waals surface area contributed by atoms with Crippen LogP contribution in [0, 0.1) is 0 Å². The highest BCUT2D eigenvalue weighted by molar-refractivity contribution is 7.89. The third-order valence-corrected chi connectivity index (χ3v) is 4.35. The Balaban J connectivity index is 2.38. The molecule has 1 aliphatic heterocycles. The summed E-state index contributed by atoms with van der Waals surface area (Å²) >= 11 is 0. The Labute approximate surface area is 113 Å². The second-order valence-electron chi connectivity index (χ2n) is 4.73. The van der Waals surface area contributed by atoms with Gasteiger partial charge in [-0.1, -0.05) is 0 Å². The molecule has 4 N–H and O–H groups in total. The van der Waals surface area contributed by atoms with Gasteiger partial charge in [-0.2, -0.15) is 0 Å². The van der Waals surface area contributed by atoms with Crippen molar-refractivity contribution in [3.05, 3.63) is 18.2 Å². The molecule has 1 fully saturated rings. The van der Waals surface area contributed by atoms with Crippen molar-refractivity contribution in [1.82, 2.24) is 0 Å². The fourth-order valence-electron chi connectivity index (χ4n) is 2.32. The molecule has 1 saturated heterocycles. The number of sulfonamides is 1. The molecule has 0 saturated carbocycles.